The first-order valence-electron chi connectivity index (χ1n) is 8.21. The maximum Gasteiger partial charge on any atom is 0.251 e. The molecular formula is C14H28N2O12. The van der Waals surface area contributed by atoms with Crippen LogP contribution in [-0.2, 0) is 9.59 Å². The van der Waals surface area contributed by atoms with Crippen LogP contribution in [-0.4, -0.2) is 138 Å². The summed E-state index contributed by atoms with van der Waals surface area (Å²) in [4.78, 5) is 23.2. The predicted molar refractivity (Wildman–Crippen MR) is 88.2 cm³/mol. The summed E-state index contributed by atoms with van der Waals surface area (Å²) in [6, 6.07) is 0. The molecule has 14 nitrogen and oxygen atoms in total. The standard InChI is InChI=1S/C14H28N2O12/c17-3-5(19)7(21)9(23)11(25)13(27)15-1-2-16-14(28)12(26)10(24)8(22)6(20)4-18/h5-12,17-26H,1-4H2,(H,15,27)(H,16,28). The lowest BCUT2D eigenvalue weighted by atomic mass is 10.0. The van der Waals surface area contributed by atoms with Gasteiger partial charge in [0.05, 0.1) is 13.2 Å². The van der Waals surface area contributed by atoms with Crippen molar-refractivity contribution in [1.29, 1.82) is 0 Å². The Balaban J connectivity index is 4.36. The van der Waals surface area contributed by atoms with Gasteiger partial charge in [-0.2, -0.15) is 0 Å². The Kier molecular flexibility index (Phi) is 12.2. The maximum atomic E-state index is 11.6. The van der Waals surface area contributed by atoms with E-state index >= 15 is 0 Å². The average Bonchev–Trinajstić information content (AvgIpc) is 2.71. The summed E-state index contributed by atoms with van der Waals surface area (Å²) < 4.78 is 0. The topological polar surface area (TPSA) is 260 Å². The third kappa shape index (κ3) is 7.88. The molecule has 0 aromatic carbocycles. The van der Waals surface area contributed by atoms with E-state index in [1.807, 2.05) is 0 Å². The molecule has 0 bridgehead atoms. The minimum Gasteiger partial charge on any atom is -0.394 e. The van der Waals surface area contributed by atoms with Crippen LogP contribution in [0.15, 0.2) is 0 Å². The molecule has 0 radical (unpaired) electrons. The zero-order valence-corrected chi connectivity index (χ0v) is 14.7. The van der Waals surface area contributed by atoms with E-state index in [1.54, 1.807) is 0 Å². The minimum atomic E-state index is -2.16. The summed E-state index contributed by atoms with van der Waals surface area (Å²) in [6.07, 6.45) is -16.1. The average molecular weight is 416 g/mol. The van der Waals surface area contributed by atoms with E-state index in [9.17, 15) is 40.2 Å². The van der Waals surface area contributed by atoms with Crippen LogP contribution >= 0.6 is 0 Å². The molecule has 0 fully saturated rings. The number of amides is 2. The van der Waals surface area contributed by atoms with Crippen LogP contribution in [0.5, 0.6) is 0 Å². The van der Waals surface area contributed by atoms with E-state index in [0.717, 1.165) is 0 Å². The monoisotopic (exact) mass is 416 g/mol. The van der Waals surface area contributed by atoms with E-state index in [4.69, 9.17) is 20.4 Å². The van der Waals surface area contributed by atoms with Crippen molar-refractivity contribution < 1.29 is 60.7 Å². The summed E-state index contributed by atoms with van der Waals surface area (Å²) in [5.41, 5.74) is 0. The van der Waals surface area contributed by atoms with E-state index in [1.165, 1.54) is 0 Å². The zero-order chi connectivity index (χ0) is 22.0. The molecule has 0 spiro atoms. The third-order valence-electron chi connectivity index (χ3n) is 3.77. The molecule has 0 aromatic rings. The van der Waals surface area contributed by atoms with Gasteiger partial charge in [-0.3, -0.25) is 9.59 Å². The molecule has 0 aliphatic carbocycles. The summed E-state index contributed by atoms with van der Waals surface area (Å²) in [7, 11) is 0. The maximum absolute atomic E-state index is 11.6. The zero-order valence-electron chi connectivity index (χ0n) is 14.7. The van der Waals surface area contributed by atoms with Crippen molar-refractivity contribution in [3.05, 3.63) is 0 Å². The number of nitrogens with one attached hydrogen (secondary N) is 2. The summed E-state index contributed by atoms with van der Waals surface area (Å²) in [5, 5.41) is 96.7. The van der Waals surface area contributed by atoms with E-state index in [0.29, 0.717) is 0 Å². The molecule has 12 N–H and O–H groups in total. The smallest absolute Gasteiger partial charge is 0.251 e. The van der Waals surface area contributed by atoms with Crippen molar-refractivity contribution in [1.82, 2.24) is 10.6 Å². The van der Waals surface area contributed by atoms with Gasteiger partial charge in [0.15, 0.2) is 12.2 Å². The summed E-state index contributed by atoms with van der Waals surface area (Å²) in [6.45, 7) is -2.48. The number of carbonyl (C=O) groups excluding carboxylic acids is 2. The largest absolute Gasteiger partial charge is 0.394 e. The molecule has 0 saturated heterocycles. The number of aliphatic hydroxyl groups excluding tert-OH is 10. The number of rotatable bonds is 13. The van der Waals surface area contributed by atoms with Crippen LogP contribution in [0.4, 0.5) is 0 Å². The molecule has 8 unspecified atom stereocenters. The fraction of sp³-hybridized carbons (Fsp3) is 0.857. The fourth-order valence-corrected chi connectivity index (χ4v) is 1.94. The Morgan fingerprint density at radius 2 is 0.857 bits per heavy atom. The van der Waals surface area contributed by atoms with Crippen molar-refractivity contribution in [2.75, 3.05) is 26.3 Å². The fourth-order valence-electron chi connectivity index (χ4n) is 1.94. The molecular weight excluding hydrogens is 388 g/mol. The second-order valence-corrected chi connectivity index (χ2v) is 5.93. The van der Waals surface area contributed by atoms with Crippen molar-refractivity contribution in [3.8, 4) is 0 Å². The highest BCUT2D eigenvalue weighted by atomic mass is 16.4. The molecule has 0 aromatic heterocycles. The number of aliphatic hydroxyl groups is 10. The highest BCUT2D eigenvalue weighted by Gasteiger charge is 2.35. The van der Waals surface area contributed by atoms with Gasteiger partial charge in [-0.05, 0) is 0 Å². The lowest BCUT2D eigenvalue weighted by Gasteiger charge is -2.25. The molecule has 0 aliphatic heterocycles. The van der Waals surface area contributed by atoms with Gasteiger partial charge in [0, 0.05) is 13.1 Å². The molecule has 0 heterocycles. The minimum absolute atomic E-state index is 0.322. The van der Waals surface area contributed by atoms with Crippen molar-refractivity contribution >= 4 is 11.8 Å². The Morgan fingerprint density at radius 1 is 0.571 bits per heavy atom. The number of hydrogen-bond donors (Lipinski definition) is 12. The van der Waals surface area contributed by atoms with Gasteiger partial charge >= 0.3 is 0 Å². The van der Waals surface area contributed by atoms with Gasteiger partial charge in [0.1, 0.15) is 36.6 Å². The quantitative estimate of drug-likeness (QED) is 0.125. The Morgan fingerprint density at radius 3 is 1.11 bits per heavy atom. The van der Waals surface area contributed by atoms with Gasteiger partial charge in [-0.25, -0.2) is 0 Å². The lowest BCUT2D eigenvalue weighted by molar-refractivity contribution is -0.150. The van der Waals surface area contributed by atoms with Crippen LogP contribution < -0.4 is 10.6 Å². The summed E-state index contributed by atoms with van der Waals surface area (Å²) in [5.74, 6) is -2.35. The number of carbonyl (C=O) groups is 2. The van der Waals surface area contributed by atoms with Crippen LogP contribution in [0.25, 0.3) is 0 Å². The normalized spacial score (nSPS) is 20.2. The highest BCUT2D eigenvalue weighted by Crippen LogP contribution is 2.06. The highest BCUT2D eigenvalue weighted by molar-refractivity contribution is 5.82. The van der Waals surface area contributed by atoms with Gasteiger partial charge < -0.3 is 61.7 Å². The SMILES string of the molecule is O=C(NCCNC(=O)C(O)C(O)C(O)C(O)CO)C(O)C(O)C(O)C(O)CO. The van der Waals surface area contributed by atoms with Crippen molar-refractivity contribution in [2.45, 2.75) is 48.8 Å². The molecule has 2 amide bonds. The van der Waals surface area contributed by atoms with E-state index < -0.39 is 73.9 Å². The first kappa shape index (κ1) is 26.5. The first-order chi connectivity index (χ1) is 13.0. The van der Waals surface area contributed by atoms with Gasteiger partial charge in [-0.15, -0.1) is 0 Å². The molecule has 166 valence electrons. The Labute approximate surface area is 159 Å². The molecule has 0 rings (SSSR count). The predicted octanol–water partition coefficient (Wildman–Crippen LogP) is -7.91. The van der Waals surface area contributed by atoms with Crippen molar-refractivity contribution in [3.63, 3.8) is 0 Å². The van der Waals surface area contributed by atoms with Crippen LogP contribution in [0.1, 0.15) is 0 Å². The second-order valence-electron chi connectivity index (χ2n) is 5.93. The number of hydrogen-bond acceptors (Lipinski definition) is 12. The van der Waals surface area contributed by atoms with E-state index in [2.05, 4.69) is 10.6 Å². The lowest BCUT2D eigenvalue weighted by Crippen LogP contribution is -2.53. The van der Waals surface area contributed by atoms with Gasteiger partial charge in [-0.1, -0.05) is 0 Å². The second kappa shape index (κ2) is 12.9. The van der Waals surface area contributed by atoms with Crippen LogP contribution in [0.3, 0.4) is 0 Å². The first-order valence-corrected chi connectivity index (χ1v) is 8.21. The Hall–Kier alpha value is -1.46. The molecule has 28 heavy (non-hydrogen) atoms. The molecule has 14 heteroatoms. The molecule has 0 saturated carbocycles. The van der Waals surface area contributed by atoms with Crippen LogP contribution in [0.2, 0.25) is 0 Å². The molecule has 0 aliphatic rings. The third-order valence-corrected chi connectivity index (χ3v) is 3.77. The van der Waals surface area contributed by atoms with Gasteiger partial charge in [0.25, 0.3) is 11.8 Å². The van der Waals surface area contributed by atoms with Crippen molar-refractivity contribution in [2.24, 2.45) is 0 Å². The summed E-state index contributed by atoms with van der Waals surface area (Å²) >= 11 is 0. The van der Waals surface area contributed by atoms with E-state index in [-0.39, 0.29) is 13.1 Å². The molecule has 8 atom stereocenters. The Bertz CT molecular complexity index is 439. The van der Waals surface area contributed by atoms with Crippen LogP contribution in [0, 0.1) is 0 Å². The van der Waals surface area contributed by atoms with Gasteiger partial charge in [0.2, 0.25) is 0 Å².